The van der Waals surface area contributed by atoms with E-state index in [1.54, 1.807) is 14.2 Å². The molecule has 1 aliphatic rings. The van der Waals surface area contributed by atoms with Crippen molar-refractivity contribution in [2.24, 2.45) is 4.99 Å². The molecule has 1 aromatic carbocycles. The number of benzene rings is 1. The second-order valence-electron chi connectivity index (χ2n) is 7.32. The van der Waals surface area contributed by atoms with Crippen molar-refractivity contribution in [1.82, 2.24) is 15.5 Å². The van der Waals surface area contributed by atoms with Gasteiger partial charge in [0.2, 0.25) is 0 Å². The molecule has 1 fully saturated rings. The van der Waals surface area contributed by atoms with Crippen LogP contribution in [0.3, 0.4) is 0 Å². The Labute approximate surface area is 170 Å². The monoisotopic (exact) mass is 390 g/mol. The molecule has 2 rings (SSSR count). The highest BCUT2D eigenvalue weighted by Gasteiger charge is 2.09. The quantitative estimate of drug-likeness (QED) is 0.346. The fraction of sp³-hybridized carbons (Fsp3) is 0.682. The topological polar surface area (TPSA) is 58.1 Å². The minimum atomic E-state index is 0.646. The molecular formula is C22H38N4O2. The first kappa shape index (κ1) is 22.7. The molecule has 1 saturated heterocycles. The van der Waals surface area contributed by atoms with Crippen LogP contribution in [0.15, 0.2) is 29.3 Å². The molecule has 2 N–H and O–H groups in total. The maximum atomic E-state index is 5.47. The Balaban J connectivity index is 1.69. The highest BCUT2D eigenvalue weighted by Crippen LogP contribution is 2.14. The van der Waals surface area contributed by atoms with Gasteiger partial charge in [0, 0.05) is 40.4 Å². The van der Waals surface area contributed by atoms with E-state index in [-0.39, 0.29) is 0 Å². The van der Waals surface area contributed by atoms with Crippen LogP contribution in [0.25, 0.3) is 0 Å². The summed E-state index contributed by atoms with van der Waals surface area (Å²) in [5, 5.41) is 6.74. The van der Waals surface area contributed by atoms with E-state index in [0.29, 0.717) is 13.2 Å². The van der Waals surface area contributed by atoms with Crippen LogP contribution in [0.5, 0.6) is 0 Å². The van der Waals surface area contributed by atoms with Crippen molar-refractivity contribution in [2.75, 3.05) is 53.6 Å². The Bertz CT molecular complexity index is 557. The van der Waals surface area contributed by atoms with Crippen LogP contribution < -0.4 is 10.6 Å². The summed E-state index contributed by atoms with van der Waals surface area (Å²) in [6, 6.07) is 8.90. The third kappa shape index (κ3) is 9.53. The molecule has 1 aliphatic heterocycles. The standard InChI is InChI=1S/C22H38N4O2/c1-23-22(24-11-8-14-28-16-15-27-2)25-18-20-9-7-10-21(17-20)19-26-12-5-3-4-6-13-26/h7,9-10,17H,3-6,8,11-16,18-19H2,1-2H3,(H2,23,24,25). The zero-order chi connectivity index (χ0) is 19.9. The summed E-state index contributed by atoms with van der Waals surface area (Å²) in [5.74, 6) is 0.829. The number of hydrogen-bond acceptors (Lipinski definition) is 4. The average Bonchev–Trinajstić information content (AvgIpc) is 2.98. The van der Waals surface area contributed by atoms with E-state index in [1.807, 2.05) is 0 Å². The van der Waals surface area contributed by atoms with Gasteiger partial charge in [-0.15, -0.1) is 0 Å². The first-order valence-electron chi connectivity index (χ1n) is 10.6. The molecule has 0 aliphatic carbocycles. The van der Waals surface area contributed by atoms with Crippen LogP contribution >= 0.6 is 0 Å². The Hall–Kier alpha value is -1.63. The third-order valence-electron chi connectivity index (χ3n) is 4.97. The molecule has 0 bridgehead atoms. The second kappa shape index (κ2) is 14.4. The van der Waals surface area contributed by atoms with Gasteiger partial charge in [0.1, 0.15) is 0 Å². The van der Waals surface area contributed by atoms with Gasteiger partial charge in [-0.3, -0.25) is 9.89 Å². The molecule has 6 heteroatoms. The average molecular weight is 391 g/mol. The van der Waals surface area contributed by atoms with E-state index in [1.165, 1.54) is 49.9 Å². The lowest BCUT2D eigenvalue weighted by atomic mass is 10.1. The normalized spacial score (nSPS) is 16.0. The Morgan fingerprint density at radius 2 is 1.82 bits per heavy atom. The SMILES string of the molecule is CN=C(NCCCOCCOC)NCc1cccc(CN2CCCCCC2)c1. The zero-order valence-electron chi connectivity index (χ0n) is 17.7. The molecule has 1 aromatic rings. The summed E-state index contributed by atoms with van der Waals surface area (Å²) in [6.07, 6.45) is 6.37. The first-order chi connectivity index (χ1) is 13.8. The van der Waals surface area contributed by atoms with Gasteiger partial charge in [0.15, 0.2) is 5.96 Å². The molecule has 0 unspecified atom stereocenters. The molecule has 0 saturated carbocycles. The number of nitrogens with zero attached hydrogens (tertiary/aromatic N) is 2. The van der Waals surface area contributed by atoms with E-state index >= 15 is 0 Å². The molecular weight excluding hydrogens is 352 g/mol. The predicted octanol–water partition coefficient (Wildman–Crippen LogP) is 2.78. The van der Waals surface area contributed by atoms with Gasteiger partial charge >= 0.3 is 0 Å². The fourth-order valence-corrected chi connectivity index (χ4v) is 3.42. The predicted molar refractivity (Wildman–Crippen MR) is 116 cm³/mol. The molecule has 0 aromatic heterocycles. The summed E-state index contributed by atoms with van der Waals surface area (Å²) in [6.45, 7) is 7.16. The maximum absolute atomic E-state index is 5.47. The van der Waals surface area contributed by atoms with Crippen LogP contribution in [0.2, 0.25) is 0 Å². The minimum Gasteiger partial charge on any atom is -0.382 e. The lowest BCUT2D eigenvalue weighted by molar-refractivity contribution is 0.0698. The number of rotatable bonds is 11. The van der Waals surface area contributed by atoms with Crippen molar-refractivity contribution < 1.29 is 9.47 Å². The zero-order valence-corrected chi connectivity index (χ0v) is 17.7. The lowest BCUT2D eigenvalue weighted by Gasteiger charge is -2.20. The van der Waals surface area contributed by atoms with Crippen molar-refractivity contribution in [2.45, 2.75) is 45.2 Å². The van der Waals surface area contributed by atoms with Gasteiger partial charge in [-0.2, -0.15) is 0 Å². The number of aliphatic imine (C=N–C) groups is 1. The van der Waals surface area contributed by atoms with Crippen molar-refractivity contribution >= 4 is 5.96 Å². The largest absolute Gasteiger partial charge is 0.382 e. The van der Waals surface area contributed by atoms with Gasteiger partial charge in [-0.1, -0.05) is 37.1 Å². The smallest absolute Gasteiger partial charge is 0.191 e. The summed E-state index contributed by atoms with van der Waals surface area (Å²) in [7, 11) is 3.49. The molecule has 0 atom stereocenters. The molecule has 6 nitrogen and oxygen atoms in total. The van der Waals surface area contributed by atoms with Crippen LogP contribution in [0.4, 0.5) is 0 Å². The van der Waals surface area contributed by atoms with Gasteiger partial charge < -0.3 is 20.1 Å². The van der Waals surface area contributed by atoms with Crippen LogP contribution in [-0.4, -0.2) is 64.5 Å². The number of hydrogen-bond donors (Lipinski definition) is 2. The van der Waals surface area contributed by atoms with Gasteiger partial charge in [0.05, 0.1) is 13.2 Å². The Morgan fingerprint density at radius 3 is 2.57 bits per heavy atom. The lowest BCUT2D eigenvalue weighted by Crippen LogP contribution is -2.37. The second-order valence-corrected chi connectivity index (χ2v) is 7.32. The van der Waals surface area contributed by atoms with E-state index in [9.17, 15) is 0 Å². The minimum absolute atomic E-state index is 0.646. The Kier molecular flexibility index (Phi) is 11.6. The van der Waals surface area contributed by atoms with E-state index in [2.05, 4.69) is 44.8 Å². The number of likely N-dealkylation sites (tertiary alicyclic amines) is 1. The summed E-state index contributed by atoms with van der Waals surface area (Å²) < 4.78 is 10.4. The molecule has 0 amide bonds. The summed E-state index contributed by atoms with van der Waals surface area (Å²) in [5.41, 5.74) is 2.69. The van der Waals surface area contributed by atoms with Crippen LogP contribution in [0, 0.1) is 0 Å². The van der Waals surface area contributed by atoms with Crippen molar-refractivity contribution in [3.05, 3.63) is 35.4 Å². The maximum Gasteiger partial charge on any atom is 0.191 e. The molecule has 28 heavy (non-hydrogen) atoms. The summed E-state index contributed by atoms with van der Waals surface area (Å²) in [4.78, 5) is 6.89. The van der Waals surface area contributed by atoms with Crippen molar-refractivity contribution in [3.63, 3.8) is 0 Å². The van der Waals surface area contributed by atoms with Crippen molar-refractivity contribution in [1.29, 1.82) is 0 Å². The van der Waals surface area contributed by atoms with Crippen molar-refractivity contribution in [3.8, 4) is 0 Å². The van der Waals surface area contributed by atoms with Gasteiger partial charge in [-0.25, -0.2) is 0 Å². The van der Waals surface area contributed by atoms with Gasteiger partial charge in [-0.05, 0) is 43.5 Å². The van der Waals surface area contributed by atoms with E-state index in [4.69, 9.17) is 9.47 Å². The highest BCUT2D eigenvalue weighted by atomic mass is 16.5. The van der Waals surface area contributed by atoms with Gasteiger partial charge in [0.25, 0.3) is 0 Å². The van der Waals surface area contributed by atoms with Crippen LogP contribution in [-0.2, 0) is 22.6 Å². The molecule has 0 spiro atoms. The number of ether oxygens (including phenoxy) is 2. The number of methoxy groups -OCH3 is 1. The first-order valence-corrected chi connectivity index (χ1v) is 10.6. The molecule has 158 valence electrons. The number of nitrogens with one attached hydrogen (secondary N) is 2. The number of guanidine groups is 1. The fourth-order valence-electron chi connectivity index (χ4n) is 3.42. The third-order valence-corrected chi connectivity index (χ3v) is 4.97. The highest BCUT2D eigenvalue weighted by molar-refractivity contribution is 5.79. The molecule has 0 radical (unpaired) electrons. The van der Waals surface area contributed by atoms with E-state index < -0.39 is 0 Å². The summed E-state index contributed by atoms with van der Waals surface area (Å²) >= 11 is 0. The van der Waals surface area contributed by atoms with E-state index in [0.717, 1.165) is 38.6 Å². The van der Waals surface area contributed by atoms with Crippen LogP contribution in [0.1, 0.15) is 43.2 Å². The Morgan fingerprint density at radius 1 is 1.04 bits per heavy atom. The molecule has 1 heterocycles.